The molecule has 6 nitrogen and oxygen atoms in total. The van der Waals surface area contributed by atoms with Crippen molar-refractivity contribution in [3.8, 4) is 11.4 Å². The SMILES string of the molecule is Cc1ccc(-n2nccn2)c(C(=O)N2C3CC(C3)C(C)C2COc2ccc(F)cc2)c1. The third kappa shape index (κ3) is 3.58. The summed E-state index contributed by atoms with van der Waals surface area (Å²) in [5.74, 6) is 1.23. The Labute approximate surface area is 180 Å². The minimum absolute atomic E-state index is 0.0151. The second kappa shape index (κ2) is 7.80. The van der Waals surface area contributed by atoms with Gasteiger partial charge >= 0.3 is 0 Å². The van der Waals surface area contributed by atoms with Crippen LogP contribution in [0.4, 0.5) is 4.39 Å². The van der Waals surface area contributed by atoms with Gasteiger partial charge in [0.1, 0.15) is 18.2 Å². The predicted octanol–water partition coefficient (Wildman–Crippen LogP) is 4.03. The van der Waals surface area contributed by atoms with E-state index in [2.05, 4.69) is 17.1 Å². The Bertz CT molecular complexity index is 1080. The van der Waals surface area contributed by atoms with Gasteiger partial charge in [-0.05, 0) is 68.0 Å². The Morgan fingerprint density at radius 3 is 2.55 bits per heavy atom. The van der Waals surface area contributed by atoms with E-state index in [9.17, 15) is 9.18 Å². The molecular weight excluding hydrogens is 395 g/mol. The summed E-state index contributed by atoms with van der Waals surface area (Å²) in [6, 6.07) is 12.0. The van der Waals surface area contributed by atoms with Crippen molar-refractivity contribution in [1.29, 1.82) is 0 Å². The Kier molecular flexibility index (Phi) is 4.96. The standard InChI is InChI=1S/C24H25FN4O2/c1-15-3-8-22(29-26-9-10-27-29)21(11-15)24(30)28-19-12-17(13-19)16(2)23(28)14-31-20-6-4-18(25)5-7-20/h3-11,16-17,19,23H,12-14H2,1-2H3. The zero-order valence-corrected chi connectivity index (χ0v) is 17.6. The highest BCUT2D eigenvalue weighted by Gasteiger charge is 2.51. The van der Waals surface area contributed by atoms with Gasteiger partial charge in [0.25, 0.3) is 5.91 Å². The van der Waals surface area contributed by atoms with E-state index >= 15 is 0 Å². The Morgan fingerprint density at radius 2 is 1.84 bits per heavy atom. The number of aryl methyl sites for hydroxylation is 1. The van der Waals surface area contributed by atoms with Crippen molar-refractivity contribution in [2.75, 3.05) is 6.61 Å². The molecule has 1 aliphatic carbocycles. The van der Waals surface area contributed by atoms with E-state index in [0.29, 0.717) is 35.4 Å². The van der Waals surface area contributed by atoms with Gasteiger partial charge in [-0.2, -0.15) is 15.0 Å². The molecule has 0 N–H and O–H groups in total. The van der Waals surface area contributed by atoms with E-state index in [1.807, 2.05) is 30.0 Å². The molecule has 160 valence electrons. The summed E-state index contributed by atoms with van der Waals surface area (Å²) in [4.78, 5) is 17.4. The summed E-state index contributed by atoms with van der Waals surface area (Å²) >= 11 is 0. The zero-order chi connectivity index (χ0) is 21.5. The normalized spacial score (nSPS) is 24.5. The van der Waals surface area contributed by atoms with Crippen molar-refractivity contribution in [3.05, 3.63) is 71.8 Å². The summed E-state index contributed by atoms with van der Waals surface area (Å²) in [6.45, 7) is 4.56. The number of rotatable bonds is 5. The molecule has 2 saturated heterocycles. The summed E-state index contributed by atoms with van der Waals surface area (Å²) < 4.78 is 19.2. The fraction of sp³-hybridized carbons (Fsp3) is 0.375. The molecule has 3 fully saturated rings. The van der Waals surface area contributed by atoms with Crippen LogP contribution in [0.15, 0.2) is 54.9 Å². The number of amides is 1. The molecule has 3 aromatic rings. The lowest BCUT2D eigenvalue weighted by molar-refractivity contribution is -0.0670. The van der Waals surface area contributed by atoms with Crippen LogP contribution in [0.2, 0.25) is 0 Å². The average molecular weight is 420 g/mol. The van der Waals surface area contributed by atoms with E-state index in [0.717, 1.165) is 18.4 Å². The maximum Gasteiger partial charge on any atom is 0.256 e. The van der Waals surface area contributed by atoms with Crippen molar-refractivity contribution >= 4 is 5.91 Å². The second-order valence-electron chi connectivity index (χ2n) is 8.63. The first kappa shape index (κ1) is 19.7. The number of piperidine rings is 2. The molecule has 1 amide bonds. The predicted molar refractivity (Wildman–Crippen MR) is 114 cm³/mol. The lowest BCUT2D eigenvalue weighted by Gasteiger charge is -2.57. The second-order valence-corrected chi connectivity index (χ2v) is 8.63. The van der Waals surface area contributed by atoms with E-state index in [1.165, 1.54) is 16.9 Å². The molecule has 2 aromatic carbocycles. The fourth-order valence-electron chi connectivity index (χ4n) is 4.86. The smallest absolute Gasteiger partial charge is 0.256 e. The number of nitrogens with zero attached hydrogens (tertiary/aromatic N) is 4. The third-order valence-corrected chi connectivity index (χ3v) is 6.74. The van der Waals surface area contributed by atoms with Gasteiger partial charge in [-0.1, -0.05) is 18.6 Å². The molecule has 7 heteroatoms. The number of benzene rings is 2. The first-order valence-corrected chi connectivity index (χ1v) is 10.7. The number of fused-ring (bicyclic) bond motifs is 2. The largest absolute Gasteiger partial charge is 0.491 e. The van der Waals surface area contributed by atoms with Crippen molar-refractivity contribution in [3.63, 3.8) is 0 Å². The molecular formula is C24H25FN4O2. The van der Waals surface area contributed by atoms with Crippen LogP contribution in [0.3, 0.4) is 0 Å². The van der Waals surface area contributed by atoms with Crippen LogP contribution in [0.25, 0.3) is 5.69 Å². The molecule has 2 atom stereocenters. The Hall–Kier alpha value is -3.22. The number of halogens is 1. The molecule has 6 rings (SSSR count). The van der Waals surface area contributed by atoms with Gasteiger partial charge in [0.15, 0.2) is 0 Å². The lowest BCUT2D eigenvalue weighted by atomic mass is 9.64. The number of ether oxygens (including phenoxy) is 1. The zero-order valence-electron chi connectivity index (χ0n) is 17.6. The third-order valence-electron chi connectivity index (χ3n) is 6.74. The summed E-state index contributed by atoms with van der Waals surface area (Å²) in [7, 11) is 0. The van der Waals surface area contributed by atoms with Crippen molar-refractivity contribution in [1.82, 2.24) is 19.9 Å². The highest BCUT2D eigenvalue weighted by atomic mass is 19.1. The first-order valence-electron chi connectivity index (χ1n) is 10.7. The number of hydrogen-bond donors (Lipinski definition) is 0. The number of hydrogen-bond acceptors (Lipinski definition) is 4. The minimum Gasteiger partial charge on any atom is -0.491 e. The maximum absolute atomic E-state index is 13.9. The summed E-state index contributed by atoms with van der Waals surface area (Å²) in [6.07, 6.45) is 5.27. The van der Waals surface area contributed by atoms with Crippen LogP contribution in [0.5, 0.6) is 5.75 Å². The van der Waals surface area contributed by atoms with E-state index in [-0.39, 0.29) is 23.8 Å². The molecule has 31 heavy (non-hydrogen) atoms. The number of aromatic nitrogens is 3. The molecule has 2 aliphatic heterocycles. The van der Waals surface area contributed by atoms with Gasteiger partial charge in [0.05, 0.1) is 29.7 Å². The summed E-state index contributed by atoms with van der Waals surface area (Å²) in [5, 5.41) is 8.46. The number of carbonyl (C=O) groups is 1. The van der Waals surface area contributed by atoms with Crippen LogP contribution in [-0.4, -0.2) is 44.5 Å². The molecule has 0 spiro atoms. The van der Waals surface area contributed by atoms with E-state index in [1.54, 1.807) is 24.5 Å². The van der Waals surface area contributed by atoms with Crippen molar-refractivity contribution < 1.29 is 13.9 Å². The van der Waals surface area contributed by atoms with Crippen LogP contribution in [-0.2, 0) is 0 Å². The van der Waals surface area contributed by atoms with Crippen molar-refractivity contribution in [2.24, 2.45) is 11.8 Å². The van der Waals surface area contributed by atoms with E-state index < -0.39 is 0 Å². The van der Waals surface area contributed by atoms with Crippen molar-refractivity contribution in [2.45, 2.75) is 38.8 Å². The summed E-state index contributed by atoms with van der Waals surface area (Å²) in [5.41, 5.74) is 2.28. The Morgan fingerprint density at radius 1 is 1.13 bits per heavy atom. The van der Waals surface area contributed by atoms with Gasteiger partial charge in [0, 0.05) is 6.04 Å². The lowest BCUT2D eigenvalue weighted by Crippen LogP contribution is -2.64. The van der Waals surface area contributed by atoms with Crippen LogP contribution in [0.1, 0.15) is 35.7 Å². The fourth-order valence-corrected chi connectivity index (χ4v) is 4.86. The average Bonchev–Trinajstić information content (AvgIpc) is 3.27. The molecule has 3 aliphatic rings. The van der Waals surface area contributed by atoms with Gasteiger partial charge in [-0.3, -0.25) is 4.79 Å². The highest BCUT2D eigenvalue weighted by Crippen LogP contribution is 2.47. The van der Waals surface area contributed by atoms with E-state index in [4.69, 9.17) is 4.74 Å². The monoisotopic (exact) mass is 420 g/mol. The molecule has 2 unspecified atom stereocenters. The van der Waals surface area contributed by atoms with Gasteiger partial charge in [-0.25, -0.2) is 4.39 Å². The minimum atomic E-state index is -0.296. The van der Waals surface area contributed by atoms with Crippen LogP contribution < -0.4 is 4.74 Å². The van der Waals surface area contributed by atoms with Gasteiger partial charge in [0.2, 0.25) is 0 Å². The highest BCUT2D eigenvalue weighted by molar-refractivity contribution is 5.98. The maximum atomic E-state index is 13.9. The first-order chi connectivity index (χ1) is 15.0. The van der Waals surface area contributed by atoms with Gasteiger partial charge < -0.3 is 9.64 Å². The molecule has 2 bridgehead atoms. The number of carbonyl (C=O) groups excluding carboxylic acids is 1. The molecule has 1 aromatic heterocycles. The molecule has 0 radical (unpaired) electrons. The van der Waals surface area contributed by atoms with Crippen LogP contribution in [0, 0.1) is 24.6 Å². The quantitative estimate of drug-likeness (QED) is 0.625. The Balaban J connectivity index is 1.45. The topological polar surface area (TPSA) is 60.2 Å². The van der Waals surface area contributed by atoms with Gasteiger partial charge in [-0.15, -0.1) is 0 Å². The van der Waals surface area contributed by atoms with Crippen LogP contribution >= 0.6 is 0 Å². The molecule has 3 heterocycles. The molecule has 1 saturated carbocycles.